The average molecular weight is 244 g/mol. The van der Waals surface area contributed by atoms with Gasteiger partial charge in [-0.15, -0.1) is 0 Å². The van der Waals surface area contributed by atoms with Gasteiger partial charge < -0.3 is 22.4 Å². The highest BCUT2D eigenvalue weighted by atomic mass is 35.5. The number of nitrogens with zero attached hydrogens (tertiary/aromatic N) is 3. The number of allylic oxidation sites excluding steroid dienone is 2. The lowest BCUT2D eigenvalue weighted by Gasteiger charge is -1.97. The molecule has 1 rings (SSSR count). The van der Waals surface area contributed by atoms with Gasteiger partial charge in [-0.1, -0.05) is 17.8 Å². The van der Waals surface area contributed by atoms with Crippen LogP contribution in [0.3, 0.4) is 0 Å². The Balaban J connectivity index is 0.00000225. The van der Waals surface area contributed by atoms with Crippen LogP contribution < -0.4 is 17.0 Å². The first-order valence-corrected chi connectivity index (χ1v) is 4.41. The van der Waals surface area contributed by atoms with Gasteiger partial charge in [0.05, 0.1) is 13.3 Å². The van der Waals surface area contributed by atoms with E-state index in [0.29, 0.717) is 6.73 Å². The Labute approximate surface area is 100 Å². The molecule has 0 radical (unpaired) electrons. The smallest absolute Gasteiger partial charge is 0.306 e. The van der Waals surface area contributed by atoms with Gasteiger partial charge in [0, 0.05) is 0 Å². The lowest BCUT2D eigenvalue weighted by molar-refractivity contribution is -0.672. The number of aromatic nitrogens is 2. The van der Waals surface area contributed by atoms with Crippen LogP contribution in [-0.4, -0.2) is 16.0 Å². The second-order valence-corrected chi connectivity index (χ2v) is 2.84. The molecule has 1 N–H and O–H groups in total. The van der Waals surface area contributed by atoms with E-state index in [0.717, 1.165) is 5.82 Å². The van der Waals surface area contributed by atoms with E-state index in [2.05, 4.69) is 11.7 Å². The van der Waals surface area contributed by atoms with Crippen molar-refractivity contribution in [1.82, 2.24) is 4.57 Å². The van der Waals surface area contributed by atoms with Gasteiger partial charge >= 0.3 is 5.82 Å². The first kappa shape index (κ1) is 14.2. The second kappa shape index (κ2) is 7.53. The molecule has 1 aromatic heterocycles. The van der Waals surface area contributed by atoms with Gasteiger partial charge in [0.1, 0.15) is 12.4 Å². The molecule has 0 unspecified atom stereocenters. The number of hydrogen-bond acceptors (Lipinski definition) is 3. The second-order valence-electron chi connectivity index (χ2n) is 2.84. The Morgan fingerprint density at radius 3 is 3.06 bits per heavy atom. The van der Waals surface area contributed by atoms with Crippen molar-refractivity contribution >= 4 is 6.21 Å². The fourth-order valence-corrected chi connectivity index (χ4v) is 1.10. The van der Waals surface area contributed by atoms with Crippen LogP contribution >= 0.6 is 0 Å². The Kier molecular flexibility index (Phi) is 6.71. The Morgan fingerprint density at radius 2 is 2.44 bits per heavy atom. The lowest BCUT2D eigenvalue weighted by atomic mass is 10.6. The SMILES string of the molecule is C=CC=COCn1cc[n+](C)c1C=NO.[Cl-]. The Bertz CT molecular complexity index is 385. The van der Waals surface area contributed by atoms with Crippen LogP contribution in [0.5, 0.6) is 0 Å². The predicted octanol–water partition coefficient (Wildman–Crippen LogP) is -2.20. The summed E-state index contributed by atoms with van der Waals surface area (Å²) in [6.45, 7) is 3.88. The lowest BCUT2D eigenvalue weighted by Crippen LogP contribution is -3.00. The largest absolute Gasteiger partial charge is 1.00 e. The van der Waals surface area contributed by atoms with Crippen LogP contribution in [0.1, 0.15) is 5.82 Å². The third-order valence-electron chi connectivity index (χ3n) is 1.82. The molecular weight excluding hydrogens is 230 g/mol. The van der Waals surface area contributed by atoms with Crippen LogP contribution in [0, 0.1) is 0 Å². The molecule has 88 valence electrons. The van der Waals surface area contributed by atoms with E-state index in [9.17, 15) is 0 Å². The maximum absolute atomic E-state index is 8.47. The summed E-state index contributed by atoms with van der Waals surface area (Å²) in [5.41, 5.74) is 0. The van der Waals surface area contributed by atoms with Crippen LogP contribution in [0.15, 0.2) is 42.5 Å². The highest BCUT2D eigenvalue weighted by Crippen LogP contribution is 1.93. The fourth-order valence-electron chi connectivity index (χ4n) is 1.10. The van der Waals surface area contributed by atoms with Crippen molar-refractivity contribution in [1.29, 1.82) is 0 Å². The predicted molar refractivity (Wildman–Crippen MR) is 55.4 cm³/mol. The average Bonchev–Trinajstić information content (AvgIpc) is 2.57. The van der Waals surface area contributed by atoms with Crippen molar-refractivity contribution in [2.45, 2.75) is 6.73 Å². The van der Waals surface area contributed by atoms with E-state index in [1.165, 1.54) is 6.21 Å². The molecule has 1 aromatic rings. The van der Waals surface area contributed by atoms with Gasteiger partial charge in [0.2, 0.25) is 6.73 Å². The van der Waals surface area contributed by atoms with Gasteiger partial charge in [0.15, 0.2) is 6.21 Å². The van der Waals surface area contributed by atoms with Crippen LogP contribution in [0.2, 0.25) is 0 Å². The third-order valence-corrected chi connectivity index (χ3v) is 1.82. The molecule has 0 aliphatic carbocycles. The first-order valence-electron chi connectivity index (χ1n) is 4.41. The normalized spacial score (nSPS) is 10.6. The summed E-state index contributed by atoms with van der Waals surface area (Å²) in [4.78, 5) is 0. The third kappa shape index (κ3) is 3.78. The first-order chi connectivity index (χ1) is 7.29. The number of ether oxygens (including phenoxy) is 1. The monoisotopic (exact) mass is 243 g/mol. The minimum absolute atomic E-state index is 0. The molecule has 0 aliphatic rings. The highest BCUT2D eigenvalue weighted by molar-refractivity contribution is 5.72. The number of hydrogen-bond donors (Lipinski definition) is 1. The number of oxime groups is 1. The van der Waals surface area contributed by atoms with E-state index in [-0.39, 0.29) is 12.4 Å². The Morgan fingerprint density at radius 1 is 1.69 bits per heavy atom. The number of imidazole rings is 1. The van der Waals surface area contributed by atoms with Crippen molar-refractivity contribution in [3.05, 3.63) is 43.2 Å². The molecule has 0 atom stereocenters. The summed E-state index contributed by atoms with van der Waals surface area (Å²) in [5.74, 6) is 0.740. The molecule has 0 bridgehead atoms. The number of rotatable bonds is 5. The molecule has 0 saturated carbocycles. The summed E-state index contributed by atoms with van der Waals surface area (Å²) >= 11 is 0. The topological polar surface area (TPSA) is 50.6 Å². The van der Waals surface area contributed by atoms with E-state index in [1.807, 2.05) is 24.0 Å². The van der Waals surface area contributed by atoms with Crippen molar-refractivity contribution in [3.63, 3.8) is 0 Å². The van der Waals surface area contributed by atoms with Gasteiger partial charge in [-0.2, -0.15) is 4.57 Å². The van der Waals surface area contributed by atoms with Crippen molar-refractivity contribution in [2.75, 3.05) is 0 Å². The molecule has 0 saturated heterocycles. The minimum Gasteiger partial charge on any atom is -1.00 e. The molecule has 0 aromatic carbocycles. The van der Waals surface area contributed by atoms with E-state index >= 15 is 0 Å². The molecule has 0 amide bonds. The maximum atomic E-state index is 8.47. The van der Waals surface area contributed by atoms with Crippen LogP contribution in [0.4, 0.5) is 0 Å². The molecule has 0 spiro atoms. The molecule has 16 heavy (non-hydrogen) atoms. The van der Waals surface area contributed by atoms with Crippen LogP contribution in [0.25, 0.3) is 0 Å². The number of aryl methyl sites for hydroxylation is 1. The minimum atomic E-state index is 0. The molecule has 5 nitrogen and oxygen atoms in total. The van der Waals surface area contributed by atoms with E-state index in [4.69, 9.17) is 9.94 Å². The van der Waals surface area contributed by atoms with Crippen molar-refractivity contribution in [2.24, 2.45) is 12.2 Å². The molecule has 0 aliphatic heterocycles. The number of halogens is 1. The Hall–Kier alpha value is -1.75. The van der Waals surface area contributed by atoms with Crippen molar-refractivity contribution in [3.8, 4) is 0 Å². The summed E-state index contributed by atoms with van der Waals surface area (Å²) in [5, 5.41) is 11.5. The van der Waals surface area contributed by atoms with Crippen LogP contribution in [-0.2, 0) is 18.5 Å². The zero-order chi connectivity index (χ0) is 11.1. The molecular formula is C10H14ClN3O2. The standard InChI is InChI=1S/C10H13N3O2.ClH/c1-3-4-7-15-9-13-6-5-12(2)10(13)8-11-14;/h3-8H,1,9H2,2H3;1H. The van der Waals surface area contributed by atoms with Gasteiger partial charge in [-0.3, -0.25) is 0 Å². The van der Waals surface area contributed by atoms with Crippen molar-refractivity contribution < 1.29 is 26.9 Å². The van der Waals surface area contributed by atoms with Gasteiger partial charge in [0.25, 0.3) is 0 Å². The zero-order valence-electron chi connectivity index (χ0n) is 8.95. The molecule has 1 heterocycles. The molecule has 0 fully saturated rings. The highest BCUT2D eigenvalue weighted by Gasteiger charge is 2.11. The summed E-state index contributed by atoms with van der Waals surface area (Å²) in [6, 6.07) is 0. The summed E-state index contributed by atoms with van der Waals surface area (Å²) < 4.78 is 8.83. The van der Waals surface area contributed by atoms with E-state index < -0.39 is 0 Å². The fraction of sp³-hybridized carbons (Fsp3) is 0.200. The summed E-state index contributed by atoms with van der Waals surface area (Å²) in [7, 11) is 1.85. The van der Waals surface area contributed by atoms with Gasteiger partial charge in [-0.25, -0.2) is 4.57 Å². The summed E-state index contributed by atoms with van der Waals surface area (Å²) in [6.07, 6.45) is 9.90. The molecule has 6 heteroatoms. The quantitative estimate of drug-likeness (QED) is 0.159. The van der Waals surface area contributed by atoms with Gasteiger partial charge in [-0.05, 0) is 6.08 Å². The maximum Gasteiger partial charge on any atom is 0.306 e. The van der Waals surface area contributed by atoms with E-state index in [1.54, 1.807) is 23.0 Å². The zero-order valence-corrected chi connectivity index (χ0v) is 9.71.